The van der Waals surface area contributed by atoms with E-state index in [1.54, 1.807) is 25.1 Å². The van der Waals surface area contributed by atoms with Crippen LogP contribution in [0.2, 0.25) is 0 Å². The number of hydrogen-bond acceptors (Lipinski definition) is 6. The Morgan fingerprint density at radius 3 is 2.57 bits per heavy atom. The summed E-state index contributed by atoms with van der Waals surface area (Å²) in [5.41, 5.74) is 3.46. The molecule has 1 aliphatic heterocycles. The summed E-state index contributed by atoms with van der Waals surface area (Å²) in [6.45, 7) is 10.1. The average molecular weight is 497 g/mol. The van der Waals surface area contributed by atoms with Crippen molar-refractivity contribution >= 4 is 21.9 Å². The van der Waals surface area contributed by atoms with Crippen LogP contribution < -0.4 is 14.8 Å². The van der Waals surface area contributed by atoms with Gasteiger partial charge in [-0.25, -0.2) is 18.1 Å². The van der Waals surface area contributed by atoms with Gasteiger partial charge in [-0.2, -0.15) is 4.98 Å². The van der Waals surface area contributed by atoms with Gasteiger partial charge in [0.05, 0.1) is 22.6 Å². The zero-order valence-corrected chi connectivity index (χ0v) is 21.5. The molecule has 1 amide bonds. The van der Waals surface area contributed by atoms with Gasteiger partial charge in [0, 0.05) is 17.5 Å². The van der Waals surface area contributed by atoms with Crippen molar-refractivity contribution in [3.8, 4) is 17.1 Å². The summed E-state index contributed by atoms with van der Waals surface area (Å²) in [5, 5.41) is 3.07. The predicted octanol–water partition coefficient (Wildman–Crippen LogP) is 4.13. The molecular weight excluding hydrogens is 464 g/mol. The maximum absolute atomic E-state index is 13.4. The summed E-state index contributed by atoms with van der Waals surface area (Å²) in [4.78, 5) is 22.2. The Morgan fingerprint density at radius 1 is 1.17 bits per heavy atom. The van der Waals surface area contributed by atoms with Gasteiger partial charge in [-0.15, -0.1) is 0 Å². The van der Waals surface area contributed by atoms with E-state index in [1.165, 1.54) is 6.08 Å². The normalized spacial score (nSPS) is 23.7. The van der Waals surface area contributed by atoms with Crippen LogP contribution in [0.15, 0.2) is 47.4 Å². The molecule has 0 fully saturated rings. The SMILES string of the molecule is Cc1cccc(C)c1-c1cc2nc(n1)NS(=O)(=O)C1=CC=CC(C(=O)N[C@H](CC(C)C)CO2)C1C. The Labute approximate surface area is 207 Å². The number of sulfonamides is 1. The van der Waals surface area contributed by atoms with Crippen molar-refractivity contribution in [1.29, 1.82) is 0 Å². The number of nitrogens with one attached hydrogen (secondary N) is 2. The van der Waals surface area contributed by atoms with Crippen LogP contribution in [0.25, 0.3) is 11.3 Å². The molecule has 2 aliphatic rings. The standard InChI is InChI=1S/C26H32N4O4S/c1-15(2)12-19-14-34-23-13-21(24-16(3)8-6-9-17(24)4)28-26(29-23)30-35(32,33)22-11-7-10-20(18(22)5)25(31)27-19/h6-11,13,15,18-20H,12,14H2,1-5H3,(H,27,31)(H,28,29,30)/t18?,19-,20?/m1/s1. The molecule has 0 saturated heterocycles. The number of amides is 1. The number of benzene rings is 1. The maximum atomic E-state index is 13.4. The molecule has 9 heteroatoms. The molecule has 4 rings (SSSR count). The number of carbonyl (C=O) groups is 1. The second-order valence-electron chi connectivity index (χ2n) is 9.70. The summed E-state index contributed by atoms with van der Waals surface area (Å²) in [5.74, 6) is -0.907. The number of allylic oxidation sites excluding steroid dienone is 3. The molecule has 186 valence electrons. The lowest BCUT2D eigenvalue weighted by Crippen LogP contribution is -2.44. The van der Waals surface area contributed by atoms with Crippen molar-refractivity contribution in [1.82, 2.24) is 15.3 Å². The van der Waals surface area contributed by atoms with E-state index in [1.807, 2.05) is 32.0 Å². The third-order valence-corrected chi connectivity index (χ3v) is 7.96. The minimum Gasteiger partial charge on any atom is -0.475 e. The molecule has 2 aromatic rings. The monoisotopic (exact) mass is 496 g/mol. The number of hydrogen-bond donors (Lipinski definition) is 2. The van der Waals surface area contributed by atoms with Gasteiger partial charge in [0.25, 0.3) is 10.0 Å². The number of ether oxygens (including phenoxy) is 1. The Balaban J connectivity index is 1.84. The predicted molar refractivity (Wildman–Crippen MR) is 136 cm³/mol. The van der Waals surface area contributed by atoms with Crippen LogP contribution in [0, 0.1) is 31.6 Å². The second-order valence-corrected chi connectivity index (χ2v) is 11.4. The van der Waals surface area contributed by atoms with Crippen molar-refractivity contribution in [3.05, 3.63) is 58.5 Å². The van der Waals surface area contributed by atoms with Gasteiger partial charge in [0.1, 0.15) is 6.61 Å². The van der Waals surface area contributed by atoms with Gasteiger partial charge < -0.3 is 10.1 Å². The summed E-state index contributed by atoms with van der Waals surface area (Å²) in [6.07, 6.45) is 5.58. The molecule has 4 bridgehead atoms. The van der Waals surface area contributed by atoms with Crippen LogP contribution in [-0.2, 0) is 14.8 Å². The van der Waals surface area contributed by atoms with E-state index >= 15 is 0 Å². The first-order valence-electron chi connectivity index (χ1n) is 11.8. The number of fused-ring (bicyclic) bond motifs is 4. The molecule has 1 aliphatic carbocycles. The Kier molecular flexibility index (Phi) is 6.98. The fraction of sp³-hybridized carbons (Fsp3) is 0.423. The fourth-order valence-corrected chi connectivity index (χ4v) is 6.05. The van der Waals surface area contributed by atoms with E-state index in [0.29, 0.717) is 18.0 Å². The molecular formula is C26H32N4O4S. The van der Waals surface area contributed by atoms with Gasteiger partial charge >= 0.3 is 0 Å². The molecule has 0 radical (unpaired) electrons. The van der Waals surface area contributed by atoms with Gasteiger partial charge in [0.15, 0.2) is 0 Å². The first-order valence-corrected chi connectivity index (χ1v) is 13.3. The number of aromatic nitrogens is 2. The maximum Gasteiger partial charge on any atom is 0.260 e. The van der Waals surface area contributed by atoms with Gasteiger partial charge in [0.2, 0.25) is 17.7 Å². The summed E-state index contributed by atoms with van der Waals surface area (Å²) >= 11 is 0. The lowest BCUT2D eigenvalue weighted by molar-refractivity contribution is -0.125. The number of nitrogens with zero attached hydrogens (tertiary/aromatic N) is 2. The van der Waals surface area contributed by atoms with Gasteiger partial charge in [-0.1, -0.05) is 51.1 Å². The molecule has 2 N–H and O–H groups in total. The molecule has 2 heterocycles. The highest BCUT2D eigenvalue weighted by Crippen LogP contribution is 2.33. The molecule has 3 atom stereocenters. The quantitative estimate of drug-likeness (QED) is 0.661. The number of anilines is 1. The van der Waals surface area contributed by atoms with Crippen molar-refractivity contribution in [3.63, 3.8) is 0 Å². The highest BCUT2D eigenvalue weighted by molar-refractivity contribution is 7.96. The number of carbonyl (C=O) groups excluding carboxylic acids is 1. The molecule has 1 aromatic carbocycles. The van der Waals surface area contributed by atoms with Crippen molar-refractivity contribution < 1.29 is 17.9 Å². The highest BCUT2D eigenvalue weighted by atomic mass is 32.2. The summed E-state index contributed by atoms with van der Waals surface area (Å²) < 4.78 is 35.3. The average Bonchev–Trinajstić information content (AvgIpc) is 2.76. The van der Waals surface area contributed by atoms with E-state index < -0.39 is 21.9 Å². The zero-order chi connectivity index (χ0) is 25.3. The van der Waals surface area contributed by atoms with E-state index in [0.717, 1.165) is 16.7 Å². The molecule has 1 aromatic heterocycles. The van der Waals surface area contributed by atoms with Crippen molar-refractivity contribution in [2.75, 3.05) is 11.3 Å². The largest absolute Gasteiger partial charge is 0.475 e. The molecule has 8 nitrogen and oxygen atoms in total. The van der Waals surface area contributed by atoms with Crippen LogP contribution in [-0.4, -0.2) is 36.9 Å². The van der Waals surface area contributed by atoms with Crippen molar-refractivity contribution in [2.45, 2.75) is 47.1 Å². The topological polar surface area (TPSA) is 110 Å². The van der Waals surface area contributed by atoms with Gasteiger partial charge in [-0.05, 0) is 43.4 Å². The van der Waals surface area contributed by atoms with Crippen LogP contribution in [0.5, 0.6) is 5.88 Å². The Hall–Kier alpha value is -3.20. The Bertz CT molecular complexity index is 1280. The van der Waals surface area contributed by atoms with Crippen LogP contribution >= 0.6 is 0 Å². The van der Waals surface area contributed by atoms with Crippen molar-refractivity contribution in [2.24, 2.45) is 17.8 Å². The third-order valence-electron chi connectivity index (χ3n) is 6.38. The molecule has 2 unspecified atom stereocenters. The molecule has 0 spiro atoms. The smallest absolute Gasteiger partial charge is 0.260 e. The van der Waals surface area contributed by atoms with Gasteiger partial charge in [-0.3, -0.25) is 4.79 Å². The van der Waals surface area contributed by atoms with Crippen LogP contribution in [0.4, 0.5) is 5.95 Å². The van der Waals surface area contributed by atoms with Crippen LogP contribution in [0.1, 0.15) is 38.3 Å². The highest BCUT2D eigenvalue weighted by Gasteiger charge is 2.35. The number of rotatable bonds is 3. The summed E-state index contributed by atoms with van der Waals surface area (Å²) in [6, 6.07) is 7.37. The first-order chi connectivity index (χ1) is 16.5. The lowest BCUT2D eigenvalue weighted by atomic mass is 9.88. The second kappa shape index (κ2) is 9.81. The minimum atomic E-state index is -4.02. The summed E-state index contributed by atoms with van der Waals surface area (Å²) in [7, 11) is -4.02. The van der Waals surface area contributed by atoms with E-state index in [9.17, 15) is 13.2 Å². The minimum absolute atomic E-state index is 0.0710. The Morgan fingerprint density at radius 2 is 1.89 bits per heavy atom. The number of aryl methyl sites for hydroxylation is 2. The zero-order valence-electron chi connectivity index (χ0n) is 20.7. The van der Waals surface area contributed by atoms with E-state index in [4.69, 9.17) is 4.74 Å². The molecule has 0 saturated carbocycles. The first kappa shape index (κ1) is 24.9. The lowest BCUT2D eigenvalue weighted by Gasteiger charge is -2.27. The van der Waals surface area contributed by atoms with Crippen LogP contribution in [0.3, 0.4) is 0 Å². The molecule has 35 heavy (non-hydrogen) atoms. The van der Waals surface area contributed by atoms with E-state index in [2.05, 4.69) is 33.9 Å². The third kappa shape index (κ3) is 5.40. The fourth-order valence-electron chi connectivity index (χ4n) is 4.71. The van der Waals surface area contributed by atoms with E-state index in [-0.39, 0.29) is 35.3 Å².